The summed E-state index contributed by atoms with van der Waals surface area (Å²) in [5, 5.41) is 0. The Balaban J connectivity index is 2.71. The Morgan fingerprint density at radius 1 is 1.82 bits per heavy atom. The molecule has 0 fully saturated rings. The van der Waals surface area contributed by atoms with Gasteiger partial charge in [0.2, 0.25) is 0 Å². The van der Waals surface area contributed by atoms with E-state index in [1.807, 2.05) is 0 Å². The molecule has 54 valence electrons. The molecule has 0 aromatic rings. The standard InChI is InChI=1S/C6H5O4.Na/c1-9-6(8)4-2-3-5(7)10-4;/h3-4H,1H3;. The van der Waals surface area contributed by atoms with E-state index in [2.05, 4.69) is 9.47 Å². The fourth-order valence-electron chi connectivity index (χ4n) is 0.846. The molecule has 5 heteroatoms. The van der Waals surface area contributed by atoms with Gasteiger partial charge in [0, 0.05) is 0 Å². The summed E-state index contributed by atoms with van der Waals surface area (Å²) in [5.74, 6) is -0.956. The van der Waals surface area contributed by atoms with Gasteiger partial charge in [-0.1, -0.05) is 0 Å². The van der Waals surface area contributed by atoms with Gasteiger partial charge in [-0.15, -0.1) is 0 Å². The van der Waals surface area contributed by atoms with Crippen molar-refractivity contribution in [1.29, 1.82) is 0 Å². The van der Waals surface area contributed by atoms with Crippen LogP contribution in [0.1, 0.15) is 0 Å². The van der Waals surface area contributed by atoms with E-state index in [1.165, 1.54) is 13.2 Å². The predicted octanol–water partition coefficient (Wildman–Crippen LogP) is -0.863. The molecule has 0 aliphatic carbocycles. The third-order valence-corrected chi connectivity index (χ3v) is 2.22. The summed E-state index contributed by atoms with van der Waals surface area (Å²) < 4.78 is 9.80. The number of carbonyl (C=O) groups is 2. The van der Waals surface area contributed by atoms with E-state index in [4.69, 9.17) is 0 Å². The number of hydrogen-bond acceptors (Lipinski definition) is 4. The topological polar surface area (TPSA) is 52.6 Å². The van der Waals surface area contributed by atoms with Crippen LogP contribution in [-0.4, -0.2) is 53.1 Å². The first kappa shape index (κ1) is 8.77. The summed E-state index contributed by atoms with van der Waals surface area (Å²) in [4.78, 5) is 21.5. The number of methoxy groups -OCH3 is 1. The first-order chi connectivity index (χ1) is 5.15. The van der Waals surface area contributed by atoms with E-state index in [0.29, 0.717) is 27.9 Å². The maximum atomic E-state index is 10.9. The van der Waals surface area contributed by atoms with Crippen LogP contribution in [0.2, 0.25) is 0 Å². The Labute approximate surface area is 81.0 Å². The summed E-state index contributed by atoms with van der Waals surface area (Å²) in [5.41, 5.74) is 0. The SMILES string of the molecule is COC(=O)C1OC(=O)C=[C]1[Na]. The second kappa shape index (κ2) is 3.38. The number of ether oxygens (including phenoxy) is 2. The Bertz CT molecular complexity index is 233. The van der Waals surface area contributed by atoms with Crippen LogP contribution in [0.4, 0.5) is 0 Å². The number of hydrogen-bond donors (Lipinski definition) is 0. The number of cyclic esters (lactones) is 1. The van der Waals surface area contributed by atoms with Crippen molar-refractivity contribution in [3.05, 3.63) is 8.90 Å². The average Bonchev–Trinajstić information content (AvgIpc) is 2.28. The average molecular weight is 164 g/mol. The molecule has 1 aliphatic heterocycles. The molecular weight excluding hydrogens is 159 g/mol. The molecule has 0 radical (unpaired) electrons. The van der Waals surface area contributed by atoms with Crippen molar-refractivity contribution in [3.8, 4) is 0 Å². The van der Waals surface area contributed by atoms with Crippen molar-refractivity contribution < 1.29 is 19.1 Å². The summed E-state index contributed by atoms with van der Waals surface area (Å²) in [6.07, 6.45) is 0.576. The van der Waals surface area contributed by atoms with Gasteiger partial charge in [-0.05, 0) is 0 Å². The molecule has 0 saturated heterocycles. The van der Waals surface area contributed by atoms with E-state index in [1.54, 1.807) is 0 Å². The molecule has 1 aliphatic rings. The minimum absolute atomic E-state index is 0.453. The fraction of sp³-hybridized carbons (Fsp3) is 0.333. The van der Waals surface area contributed by atoms with E-state index < -0.39 is 18.0 Å². The molecule has 4 nitrogen and oxygen atoms in total. The van der Waals surface area contributed by atoms with E-state index in [9.17, 15) is 9.59 Å². The predicted molar refractivity (Wildman–Crippen MR) is 35.7 cm³/mol. The van der Waals surface area contributed by atoms with Crippen molar-refractivity contribution in [2.75, 3.05) is 7.11 Å². The zero-order chi connectivity index (χ0) is 8.43. The molecular formula is C6H5NaO4. The second-order valence-electron chi connectivity index (χ2n) is 2.23. The summed E-state index contributed by atoms with van der Waals surface area (Å²) >= 11 is 0.641. The van der Waals surface area contributed by atoms with Crippen LogP contribution in [-0.2, 0) is 19.1 Å². The van der Waals surface area contributed by atoms with Gasteiger partial charge in [0.05, 0.1) is 0 Å². The van der Waals surface area contributed by atoms with Gasteiger partial charge in [0.1, 0.15) is 0 Å². The van der Waals surface area contributed by atoms with Crippen LogP contribution in [0.15, 0.2) is 8.90 Å². The molecule has 1 rings (SSSR count). The summed E-state index contributed by atoms with van der Waals surface area (Å²) in [6.45, 7) is 0. The number of carbonyl (C=O) groups excluding carboxylic acids is 2. The van der Waals surface area contributed by atoms with Crippen LogP contribution in [0.25, 0.3) is 0 Å². The molecule has 0 saturated carbocycles. The molecule has 1 atom stereocenters. The maximum absolute atomic E-state index is 10.9. The molecule has 0 amide bonds. The van der Waals surface area contributed by atoms with Crippen molar-refractivity contribution in [1.82, 2.24) is 0 Å². The number of esters is 2. The molecule has 0 aromatic heterocycles. The van der Waals surface area contributed by atoms with Crippen molar-refractivity contribution in [3.63, 3.8) is 0 Å². The minimum atomic E-state index is -0.765. The monoisotopic (exact) mass is 164 g/mol. The van der Waals surface area contributed by atoms with Crippen LogP contribution < -0.4 is 0 Å². The van der Waals surface area contributed by atoms with Gasteiger partial charge in [-0.25, -0.2) is 0 Å². The molecule has 0 N–H and O–H groups in total. The first-order valence-electron chi connectivity index (χ1n) is 3.12. The van der Waals surface area contributed by atoms with Gasteiger partial charge in [0.15, 0.2) is 0 Å². The Hall–Kier alpha value is -0.320. The van der Waals surface area contributed by atoms with Crippen LogP contribution in [0.5, 0.6) is 0 Å². The Kier molecular flexibility index (Phi) is 2.70. The molecule has 0 aromatic carbocycles. The van der Waals surface area contributed by atoms with E-state index in [0.717, 1.165) is 2.82 Å². The number of rotatable bonds is 1. The molecule has 11 heavy (non-hydrogen) atoms. The molecule has 1 heterocycles. The van der Waals surface area contributed by atoms with Gasteiger partial charge in [0.25, 0.3) is 0 Å². The molecule has 1 unspecified atom stereocenters. The van der Waals surface area contributed by atoms with Crippen LogP contribution in [0.3, 0.4) is 0 Å². The zero-order valence-corrected chi connectivity index (χ0v) is 8.29. The van der Waals surface area contributed by atoms with Crippen molar-refractivity contribution >= 4 is 39.9 Å². The quantitative estimate of drug-likeness (QED) is 0.373. The van der Waals surface area contributed by atoms with Gasteiger partial charge >= 0.3 is 81.0 Å². The van der Waals surface area contributed by atoms with Gasteiger partial charge in [-0.2, -0.15) is 0 Å². The third-order valence-electron chi connectivity index (χ3n) is 1.41. The molecule has 0 spiro atoms. The second-order valence-corrected chi connectivity index (χ2v) is 3.38. The first-order valence-corrected chi connectivity index (χ1v) is 4.12. The van der Waals surface area contributed by atoms with E-state index in [-0.39, 0.29) is 0 Å². The van der Waals surface area contributed by atoms with Crippen LogP contribution in [0, 0.1) is 0 Å². The van der Waals surface area contributed by atoms with Gasteiger partial charge < -0.3 is 0 Å². The van der Waals surface area contributed by atoms with E-state index >= 15 is 0 Å². The zero-order valence-electron chi connectivity index (χ0n) is 6.29. The third kappa shape index (κ3) is 1.83. The Morgan fingerprint density at radius 2 is 2.45 bits per heavy atom. The summed E-state index contributed by atoms with van der Waals surface area (Å²) in [7, 11) is 1.27. The van der Waals surface area contributed by atoms with Crippen molar-refractivity contribution in [2.45, 2.75) is 6.10 Å². The van der Waals surface area contributed by atoms with Crippen LogP contribution >= 0.6 is 0 Å². The fourth-order valence-corrected chi connectivity index (χ4v) is 1.43. The molecule has 0 bridgehead atoms. The normalized spacial score (nSPS) is 22.6. The summed E-state index contributed by atoms with van der Waals surface area (Å²) in [6, 6.07) is 0. The Morgan fingerprint density at radius 3 is 2.82 bits per heavy atom. The van der Waals surface area contributed by atoms with Crippen molar-refractivity contribution in [2.24, 2.45) is 0 Å². The van der Waals surface area contributed by atoms with Gasteiger partial charge in [-0.3, -0.25) is 0 Å².